The van der Waals surface area contributed by atoms with Crippen LogP contribution in [0.5, 0.6) is 0 Å². The molecule has 0 bridgehead atoms. The van der Waals surface area contributed by atoms with Gasteiger partial charge in [0.1, 0.15) is 0 Å². The summed E-state index contributed by atoms with van der Waals surface area (Å²) in [6.07, 6.45) is 4.06. The zero-order valence-corrected chi connectivity index (χ0v) is 13.5. The molecule has 2 rings (SSSR count). The van der Waals surface area contributed by atoms with Crippen LogP contribution in [0.25, 0.3) is 0 Å². The molecule has 2 unspecified atom stereocenters. The van der Waals surface area contributed by atoms with Gasteiger partial charge in [-0.2, -0.15) is 0 Å². The Bertz CT molecular complexity index is 510. The van der Waals surface area contributed by atoms with E-state index in [9.17, 15) is 8.42 Å². The van der Waals surface area contributed by atoms with Gasteiger partial charge in [0.15, 0.2) is 0 Å². The van der Waals surface area contributed by atoms with E-state index in [2.05, 4.69) is 29.1 Å². The number of sulfonamides is 1. The first-order valence-electron chi connectivity index (χ1n) is 7.82. The van der Waals surface area contributed by atoms with Gasteiger partial charge in [-0.1, -0.05) is 43.7 Å². The van der Waals surface area contributed by atoms with Crippen LogP contribution >= 0.6 is 0 Å². The second-order valence-electron chi connectivity index (χ2n) is 5.92. The largest absolute Gasteiger partial charge is 0.313 e. The van der Waals surface area contributed by atoms with Crippen LogP contribution in [-0.4, -0.2) is 33.3 Å². The van der Waals surface area contributed by atoms with Crippen LogP contribution in [0.15, 0.2) is 30.3 Å². The average Bonchev–Trinajstić information content (AvgIpc) is 2.48. The van der Waals surface area contributed by atoms with Crippen LogP contribution in [0.2, 0.25) is 0 Å². The standard InChI is InChI=1S/C16H26N2O2S/c1-14(15-7-3-2-4-8-15)10-12-18-21(19,20)13-16-9-5-6-11-17-16/h2-4,7-8,14,16-18H,5-6,9-13H2,1H3. The van der Waals surface area contributed by atoms with Crippen molar-refractivity contribution in [2.45, 2.75) is 44.6 Å². The van der Waals surface area contributed by atoms with Crippen molar-refractivity contribution in [1.82, 2.24) is 10.0 Å². The van der Waals surface area contributed by atoms with Crippen molar-refractivity contribution in [3.63, 3.8) is 0 Å². The minimum Gasteiger partial charge on any atom is -0.313 e. The third kappa shape index (κ3) is 5.77. The van der Waals surface area contributed by atoms with E-state index >= 15 is 0 Å². The minimum absolute atomic E-state index is 0.114. The monoisotopic (exact) mass is 310 g/mol. The van der Waals surface area contributed by atoms with E-state index in [1.165, 1.54) is 5.56 Å². The molecule has 1 aromatic rings. The van der Waals surface area contributed by atoms with E-state index in [1.54, 1.807) is 0 Å². The highest BCUT2D eigenvalue weighted by Gasteiger charge is 2.20. The topological polar surface area (TPSA) is 58.2 Å². The molecule has 4 nitrogen and oxygen atoms in total. The van der Waals surface area contributed by atoms with Gasteiger partial charge in [0, 0.05) is 12.6 Å². The Morgan fingerprint density at radius 1 is 1.29 bits per heavy atom. The molecule has 1 saturated heterocycles. The van der Waals surface area contributed by atoms with Crippen molar-refractivity contribution < 1.29 is 8.42 Å². The lowest BCUT2D eigenvalue weighted by molar-refractivity contribution is 0.422. The van der Waals surface area contributed by atoms with E-state index in [0.717, 1.165) is 32.2 Å². The summed E-state index contributed by atoms with van der Waals surface area (Å²) in [5, 5.41) is 3.28. The van der Waals surface area contributed by atoms with Gasteiger partial charge in [-0.25, -0.2) is 13.1 Å². The number of benzene rings is 1. The summed E-state index contributed by atoms with van der Waals surface area (Å²) in [6, 6.07) is 10.3. The van der Waals surface area contributed by atoms with Crippen molar-refractivity contribution in [1.29, 1.82) is 0 Å². The molecule has 0 aliphatic carbocycles. The van der Waals surface area contributed by atoms with Gasteiger partial charge >= 0.3 is 0 Å². The second kappa shape index (κ2) is 7.92. The molecule has 0 spiro atoms. The van der Waals surface area contributed by atoms with Gasteiger partial charge in [0.05, 0.1) is 5.75 Å². The molecule has 1 aliphatic rings. The molecule has 1 heterocycles. The van der Waals surface area contributed by atoms with Crippen molar-refractivity contribution in [2.75, 3.05) is 18.8 Å². The van der Waals surface area contributed by atoms with Gasteiger partial charge in [0.2, 0.25) is 10.0 Å². The predicted octanol–water partition coefficient (Wildman–Crippen LogP) is 2.24. The maximum absolute atomic E-state index is 12.1. The Morgan fingerprint density at radius 2 is 2.05 bits per heavy atom. The number of hydrogen-bond donors (Lipinski definition) is 2. The lowest BCUT2D eigenvalue weighted by atomic mass is 9.98. The zero-order chi connectivity index (χ0) is 15.1. The lowest BCUT2D eigenvalue weighted by Gasteiger charge is -2.23. The zero-order valence-electron chi connectivity index (χ0n) is 12.7. The first-order valence-corrected chi connectivity index (χ1v) is 9.48. The molecule has 1 aromatic carbocycles. The molecule has 5 heteroatoms. The van der Waals surface area contributed by atoms with Crippen LogP contribution in [0.3, 0.4) is 0 Å². The summed E-state index contributed by atoms with van der Waals surface area (Å²) in [5.41, 5.74) is 1.26. The number of nitrogens with one attached hydrogen (secondary N) is 2. The summed E-state index contributed by atoms with van der Waals surface area (Å²) in [5.74, 6) is 0.564. The Hall–Kier alpha value is -0.910. The van der Waals surface area contributed by atoms with Crippen LogP contribution < -0.4 is 10.0 Å². The summed E-state index contributed by atoms with van der Waals surface area (Å²) < 4.78 is 26.9. The molecule has 1 aliphatic heterocycles. The Balaban J connectivity index is 1.74. The Kier molecular flexibility index (Phi) is 6.21. The predicted molar refractivity (Wildman–Crippen MR) is 86.9 cm³/mol. The number of rotatable bonds is 7. The molecule has 0 aromatic heterocycles. The van der Waals surface area contributed by atoms with Gasteiger partial charge in [0.25, 0.3) is 0 Å². The maximum Gasteiger partial charge on any atom is 0.213 e. The number of piperidine rings is 1. The summed E-state index contributed by atoms with van der Waals surface area (Å²) >= 11 is 0. The molecule has 2 N–H and O–H groups in total. The summed E-state index contributed by atoms with van der Waals surface area (Å²) in [7, 11) is -3.17. The summed E-state index contributed by atoms with van der Waals surface area (Å²) in [6.45, 7) is 3.57. The molecule has 0 amide bonds. The highest BCUT2D eigenvalue weighted by molar-refractivity contribution is 7.89. The quantitative estimate of drug-likeness (QED) is 0.812. The van der Waals surface area contributed by atoms with E-state index in [4.69, 9.17) is 0 Å². The second-order valence-corrected chi connectivity index (χ2v) is 7.77. The fourth-order valence-electron chi connectivity index (χ4n) is 2.77. The number of hydrogen-bond acceptors (Lipinski definition) is 3. The molecular formula is C16H26N2O2S. The maximum atomic E-state index is 12.1. The first kappa shape index (κ1) is 16.5. The average molecular weight is 310 g/mol. The van der Waals surface area contributed by atoms with Crippen molar-refractivity contribution >= 4 is 10.0 Å². The fourth-order valence-corrected chi connectivity index (χ4v) is 4.13. The van der Waals surface area contributed by atoms with E-state index in [0.29, 0.717) is 12.5 Å². The SMILES string of the molecule is CC(CCNS(=O)(=O)CC1CCCCN1)c1ccccc1. The van der Waals surface area contributed by atoms with Crippen molar-refractivity contribution in [3.8, 4) is 0 Å². The normalized spacial score (nSPS) is 21.1. The van der Waals surface area contributed by atoms with E-state index < -0.39 is 10.0 Å². The molecular weight excluding hydrogens is 284 g/mol. The molecule has 21 heavy (non-hydrogen) atoms. The summed E-state index contributed by atoms with van der Waals surface area (Å²) in [4.78, 5) is 0. The fraction of sp³-hybridized carbons (Fsp3) is 0.625. The molecule has 0 saturated carbocycles. The van der Waals surface area contributed by atoms with Crippen molar-refractivity contribution in [2.24, 2.45) is 0 Å². The van der Waals surface area contributed by atoms with Gasteiger partial charge in [-0.15, -0.1) is 0 Å². The Labute approximate surface area is 128 Å². The van der Waals surface area contributed by atoms with Crippen LogP contribution in [0.4, 0.5) is 0 Å². The molecule has 118 valence electrons. The highest BCUT2D eigenvalue weighted by atomic mass is 32.2. The molecule has 0 radical (unpaired) electrons. The Morgan fingerprint density at radius 3 is 2.71 bits per heavy atom. The molecule has 2 atom stereocenters. The van der Waals surface area contributed by atoms with E-state index in [-0.39, 0.29) is 11.8 Å². The van der Waals surface area contributed by atoms with Gasteiger partial charge in [-0.05, 0) is 37.3 Å². The van der Waals surface area contributed by atoms with E-state index in [1.807, 2.05) is 18.2 Å². The third-order valence-electron chi connectivity index (χ3n) is 4.10. The van der Waals surface area contributed by atoms with Crippen LogP contribution in [-0.2, 0) is 10.0 Å². The minimum atomic E-state index is -3.17. The lowest BCUT2D eigenvalue weighted by Crippen LogP contribution is -2.42. The van der Waals surface area contributed by atoms with Gasteiger partial charge < -0.3 is 5.32 Å². The third-order valence-corrected chi connectivity index (χ3v) is 5.59. The van der Waals surface area contributed by atoms with Gasteiger partial charge in [-0.3, -0.25) is 0 Å². The van der Waals surface area contributed by atoms with Crippen molar-refractivity contribution in [3.05, 3.63) is 35.9 Å². The highest BCUT2D eigenvalue weighted by Crippen LogP contribution is 2.17. The molecule has 1 fully saturated rings. The first-order chi connectivity index (χ1) is 10.1. The van der Waals surface area contributed by atoms with Crippen LogP contribution in [0.1, 0.15) is 44.1 Å². The smallest absolute Gasteiger partial charge is 0.213 e. The van der Waals surface area contributed by atoms with Crippen LogP contribution in [0, 0.1) is 0 Å².